The van der Waals surface area contributed by atoms with Crippen LogP contribution >= 0.6 is 11.6 Å². The number of hydrogen-bond donors (Lipinski definition) is 1. The van der Waals surface area contributed by atoms with Crippen molar-refractivity contribution in [3.8, 4) is 5.75 Å². The SMILES string of the molecule is COc1ccc(Cl)cc1C(=O)OCC(=O)N[C@H](C)c1ccccc1. The lowest BCUT2D eigenvalue weighted by molar-refractivity contribution is -0.124. The molecule has 1 N–H and O–H groups in total. The largest absolute Gasteiger partial charge is 0.496 e. The van der Waals surface area contributed by atoms with E-state index in [1.54, 1.807) is 12.1 Å². The van der Waals surface area contributed by atoms with Crippen LogP contribution in [-0.2, 0) is 9.53 Å². The molecule has 2 aromatic carbocycles. The molecule has 0 aromatic heterocycles. The van der Waals surface area contributed by atoms with E-state index in [2.05, 4.69) is 5.32 Å². The van der Waals surface area contributed by atoms with Gasteiger partial charge >= 0.3 is 5.97 Å². The Morgan fingerprint density at radius 2 is 1.88 bits per heavy atom. The lowest BCUT2D eigenvalue weighted by atomic mass is 10.1. The van der Waals surface area contributed by atoms with Crippen LogP contribution in [0.1, 0.15) is 28.9 Å². The predicted octanol–water partition coefficient (Wildman–Crippen LogP) is 3.38. The number of methoxy groups -OCH3 is 1. The molecule has 2 aromatic rings. The van der Waals surface area contributed by atoms with Gasteiger partial charge in [0, 0.05) is 5.02 Å². The van der Waals surface area contributed by atoms with Gasteiger partial charge in [0.05, 0.1) is 13.2 Å². The molecule has 0 heterocycles. The van der Waals surface area contributed by atoms with Crippen LogP contribution < -0.4 is 10.1 Å². The van der Waals surface area contributed by atoms with Gasteiger partial charge in [0.25, 0.3) is 5.91 Å². The Morgan fingerprint density at radius 1 is 1.17 bits per heavy atom. The molecule has 0 aliphatic rings. The summed E-state index contributed by atoms with van der Waals surface area (Å²) in [6, 6.07) is 13.9. The molecule has 1 atom stereocenters. The maximum Gasteiger partial charge on any atom is 0.342 e. The predicted molar refractivity (Wildman–Crippen MR) is 91.3 cm³/mol. The number of ether oxygens (including phenoxy) is 2. The van der Waals surface area contributed by atoms with Crippen molar-refractivity contribution in [1.82, 2.24) is 5.32 Å². The highest BCUT2D eigenvalue weighted by Crippen LogP contribution is 2.23. The molecule has 24 heavy (non-hydrogen) atoms. The second kappa shape index (κ2) is 8.36. The Hall–Kier alpha value is -2.53. The molecule has 5 nitrogen and oxygen atoms in total. The molecule has 0 saturated carbocycles. The first kappa shape index (κ1) is 17.8. The fraction of sp³-hybridized carbons (Fsp3) is 0.222. The minimum absolute atomic E-state index is 0.175. The van der Waals surface area contributed by atoms with Crippen LogP contribution in [0, 0.1) is 0 Å². The smallest absolute Gasteiger partial charge is 0.342 e. The van der Waals surface area contributed by atoms with E-state index < -0.39 is 5.97 Å². The van der Waals surface area contributed by atoms with Crippen LogP contribution in [0.3, 0.4) is 0 Å². The number of rotatable bonds is 6. The minimum Gasteiger partial charge on any atom is -0.496 e. The van der Waals surface area contributed by atoms with E-state index in [1.807, 2.05) is 37.3 Å². The quantitative estimate of drug-likeness (QED) is 0.813. The molecular formula is C18H18ClNO4. The van der Waals surface area contributed by atoms with E-state index in [0.717, 1.165) is 5.56 Å². The van der Waals surface area contributed by atoms with Crippen molar-refractivity contribution < 1.29 is 19.1 Å². The fourth-order valence-corrected chi connectivity index (χ4v) is 2.33. The van der Waals surface area contributed by atoms with E-state index in [4.69, 9.17) is 21.1 Å². The van der Waals surface area contributed by atoms with Gasteiger partial charge in [-0.25, -0.2) is 4.79 Å². The average Bonchev–Trinajstić information content (AvgIpc) is 2.60. The Bertz CT molecular complexity index is 718. The summed E-state index contributed by atoms with van der Waals surface area (Å²) in [5.41, 5.74) is 1.14. The lowest BCUT2D eigenvalue weighted by Gasteiger charge is -2.14. The molecule has 0 spiro atoms. The van der Waals surface area contributed by atoms with Gasteiger partial charge in [-0.2, -0.15) is 0 Å². The number of carbonyl (C=O) groups is 2. The van der Waals surface area contributed by atoms with Crippen LogP contribution in [-0.4, -0.2) is 25.6 Å². The zero-order valence-electron chi connectivity index (χ0n) is 13.4. The maximum absolute atomic E-state index is 12.1. The Morgan fingerprint density at radius 3 is 2.54 bits per heavy atom. The summed E-state index contributed by atoms with van der Waals surface area (Å²) in [5, 5.41) is 3.15. The van der Waals surface area contributed by atoms with Gasteiger partial charge in [-0.15, -0.1) is 0 Å². The standard InChI is InChI=1S/C18H18ClNO4/c1-12(13-6-4-3-5-7-13)20-17(21)11-24-18(22)15-10-14(19)8-9-16(15)23-2/h3-10,12H,11H2,1-2H3,(H,20,21)/t12-/m1/s1. The molecule has 0 radical (unpaired) electrons. The van der Waals surface area contributed by atoms with Crippen molar-refractivity contribution in [2.24, 2.45) is 0 Å². The molecule has 0 fully saturated rings. The summed E-state index contributed by atoms with van der Waals surface area (Å²) in [7, 11) is 1.44. The lowest BCUT2D eigenvalue weighted by Crippen LogP contribution is -2.31. The number of nitrogens with one attached hydrogen (secondary N) is 1. The molecule has 6 heteroatoms. The third-order valence-electron chi connectivity index (χ3n) is 3.39. The number of halogens is 1. The number of carbonyl (C=O) groups excluding carboxylic acids is 2. The molecule has 1 amide bonds. The molecule has 0 saturated heterocycles. The van der Waals surface area contributed by atoms with Crippen LogP contribution in [0.25, 0.3) is 0 Å². The summed E-state index contributed by atoms with van der Waals surface area (Å²) in [4.78, 5) is 24.0. The first-order chi connectivity index (χ1) is 11.5. The highest BCUT2D eigenvalue weighted by atomic mass is 35.5. The summed E-state index contributed by atoms with van der Waals surface area (Å²) in [6.07, 6.45) is 0. The van der Waals surface area contributed by atoms with Gasteiger partial charge in [-0.1, -0.05) is 41.9 Å². The Kier molecular flexibility index (Phi) is 6.21. The maximum atomic E-state index is 12.1. The van der Waals surface area contributed by atoms with Crippen molar-refractivity contribution in [3.63, 3.8) is 0 Å². The Labute approximate surface area is 145 Å². The average molecular weight is 348 g/mol. The Balaban J connectivity index is 1.92. The van der Waals surface area contributed by atoms with Crippen LogP contribution in [0.15, 0.2) is 48.5 Å². The van der Waals surface area contributed by atoms with E-state index in [1.165, 1.54) is 13.2 Å². The van der Waals surface area contributed by atoms with Gasteiger partial charge in [0.2, 0.25) is 0 Å². The highest BCUT2D eigenvalue weighted by Gasteiger charge is 2.17. The van der Waals surface area contributed by atoms with Gasteiger partial charge in [0.15, 0.2) is 6.61 Å². The van der Waals surface area contributed by atoms with Crippen molar-refractivity contribution >= 4 is 23.5 Å². The van der Waals surface area contributed by atoms with E-state index >= 15 is 0 Å². The van der Waals surface area contributed by atoms with Crippen molar-refractivity contribution in [2.75, 3.05) is 13.7 Å². The van der Waals surface area contributed by atoms with Gasteiger partial charge in [-0.05, 0) is 30.7 Å². The third kappa shape index (κ3) is 4.73. The zero-order valence-corrected chi connectivity index (χ0v) is 14.2. The first-order valence-corrected chi connectivity index (χ1v) is 7.74. The third-order valence-corrected chi connectivity index (χ3v) is 3.63. The molecule has 2 rings (SSSR count). The van der Waals surface area contributed by atoms with Crippen LogP contribution in [0.5, 0.6) is 5.75 Å². The topological polar surface area (TPSA) is 64.6 Å². The summed E-state index contributed by atoms with van der Waals surface area (Å²) in [6.45, 7) is 1.47. The number of hydrogen-bond acceptors (Lipinski definition) is 4. The van der Waals surface area contributed by atoms with E-state index in [0.29, 0.717) is 10.8 Å². The van der Waals surface area contributed by atoms with Crippen LogP contribution in [0.4, 0.5) is 0 Å². The van der Waals surface area contributed by atoms with Crippen molar-refractivity contribution in [1.29, 1.82) is 0 Å². The second-order valence-corrected chi connectivity index (χ2v) is 5.56. The normalized spacial score (nSPS) is 11.5. The number of amides is 1. The summed E-state index contributed by atoms with van der Waals surface area (Å²) >= 11 is 5.87. The van der Waals surface area contributed by atoms with E-state index in [9.17, 15) is 9.59 Å². The zero-order chi connectivity index (χ0) is 17.5. The van der Waals surface area contributed by atoms with Gasteiger partial charge < -0.3 is 14.8 Å². The summed E-state index contributed by atoms with van der Waals surface area (Å²) < 4.78 is 10.1. The molecule has 0 unspecified atom stereocenters. The van der Waals surface area contributed by atoms with Crippen molar-refractivity contribution in [3.05, 3.63) is 64.7 Å². The van der Waals surface area contributed by atoms with Crippen LogP contribution in [0.2, 0.25) is 5.02 Å². The minimum atomic E-state index is -0.670. The van der Waals surface area contributed by atoms with Crippen molar-refractivity contribution in [2.45, 2.75) is 13.0 Å². The van der Waals surface area contributed by atoms with Gasteiger partial charge in [0.1, 0.15) is 11.3 Å². The molecule has 126 valence electrons. The molecule has 0 bridgehead atoms. The number of esters is 1. The number of benzene rings is 2. The molecule has 0 aliphatic heterocycles. The van der Waals surface area contributed by atoms with Gasteiger partial charge in [-0.3, -0.25) is 4.79 Å². The second-order valence-electron chi connectivity index (χ2n) is 5.12. The first-order valence-electron chi connectivity index (χ1n) is 7.36. The monoisotopic (exact) mass is 347 g/mol. The summed E-state index contributed by atoms with van der Waals surface area (Å²) in [5.74, 6) is -0.722. The molecule has 0 aliphatic carbocycles. The fourth-order valence-electron chi connectivity index (χ4n) is 2.16. The molecular weight excluding hydrogens is 330 g/mol. The van der Waals surface area contributed by atoms with E-state index in [-0.39, 0.29) is 24.1 Å². The highest BCUT2D eigenvalue weighted by molar-refractivity contribution is 6.31.